The van der Waals surface area contributed by atoms with Gasteiger partial charge in [-0.15, -0.1) is 0 Å². The molecule has 40 heavy (non-hydrogen) atoms. The van der Waals surface area contributed by atoms with Crippen molar-refractivity contribution in [3.63, 3.8) is 0 Å². The third-order valence-electron chi connectivity index (χ3n) is 7.86. The van der Waals surface area contributed by atoms with E-state index in [0.717, 1.165) is 47.6 Å². The van der Waals surface area contributed by atoms with Gasteiger partial charge < -0.3 is 15.1 Å². The summed E-state index contributed by atoms with van der Waals surface area (Å²) in [7, 11) is 0. The second-order valence-electron chi connectivity index (χ2n) is 10.4. The number of rotatable bonds is 3. The van der Waals surface area contributed by atoms with E-state index in [0.29, 0.717) is 5.92 Å². The smallest absolute Gasteiger partial charge is 0.303 e. The molecule has 0 aliphatic carbocycles. The summed E-state index contributed by atoms with van der Waals surface area (Å²) in [6, 6.07) is 6.76. The van der Waals surface area contributed by atoms with Crippen molar-refractivity contribution >= 4 is 39.7 Å². The summed E-state index contributed by atoms with van der Waals surface area (Å²) in [5, 5.41) is 7.72. The van der Waals surface area contributed by atoms with Crippen LogP contribution in [0.5, 0.6) is 0 Å². The van der Waals surface area contributed by atoms with E-state index in [1.54, 1.807) is 6.92 Å². The molecule has 3 N–H and O–H groups in total. The number of H-pyrrole nitrogens is 2. The molecule has 2 aliphatic heterocycles. The Morgan fingerprint density at radius 1 is 0.850 bits per heavy atom. The van der Waals surface area contributed by atoms with Gasteiger partial charge in [0.25, 0.3) is 0 Å². The van der Waals surface area contributed by atoms with Crippen LogP contribution in [0.3, 0.4) is 0 Å². The van der Waals surface area contributed by atoms with Crippen LogP contribution in [0.1, 0.15) is 111 Å². The molecule has 0 aromatic carbocycles. The number of carbonyl (C=O) groups is 1. The maximum atomic E-state index is 9.37. The number of carboxylic acids is 1. The van der Waals surface area contributed by atoms with E-state index in [1.165, 1.54) is 49.9 Å². The maximum Gasteiger partial charge on any atom is 0.303 e. The van der Waals surface area contributed by atoms with Crippen LogP contribution in [0.15, 0.2) is 18.2 Å². The topological polar surface area (TPSA) is 94.7 Å². The van der Waals surface area contributed by atoms with E-state index < -0.39 is 5.97 Å². The fourth-order valence-corrected chi connectivity index (χ4v) is 5.37. The van der Waals surface area contributed by atoms with Crippen molar-refractivity contribution in [2.75, 3.05) is 0 Å². The molecule has 214 valence electrons. The van der Waals surface area contributed by atoms with Crippen molar-refractivity contribution in [2.45, 2.75) is 101 Å². The molecule has 3 aromatic heterocycles. The van der Waals surface area contributed by atoms with Crippen LogP contribution < -0.4 is 0 Å². The Hall–Kier alpha value is -3.67. The SMILES string of the molecule is CC.CCC(=O)O.CCc1c(C)c2cc3[nH]c(cc4nc(c(C)c5nc(cc1[nH]2)C(C)=C5)CC4C)c(C)c3CC. The number of aromatic amines is 2. The molecule has 8 bridgehead atoms. The molecule has 3 aromatic rings. The van der Waals surface area contributed by atoms with Crippen molar-refractivity contribution in [1.82, 2.24) is 19.9 Å². The molecule has 0 amide bonds. The lowest BCUT2D eigenvalue weighted by Gasteiger charge is -2.00. The van der Waals surface area contributed by atoms with Crippen LogP contribution in [-0.2, 0) is 24.1 Å². The Labute approximate surface area is 239 Å². The van der Waals surface area contributed by atoms with E-state index in [1.807, 2.05) is 13.8 Å². The predicted molar refractivity (Wildman–Crippen MR) is 169 cm³/mol. The van der Waals surface area contributed by atoms with Gasteiger partial charge in [0.05, 0.1) is 11.4 Å². The number of aliphatic carboxylic acids is 1. The second-order valence-corrected chi connectivity index (χ2v) is 10.4. The number of hydrogen-bond acceptors (Lipinski definition) is 3. The Bertz CT molecular complexity index is 1590. The van der Waals surface area contributed by atoms with Gasteiger partial charge in [-0.2, -0.15) is 0 Å². The summed E-state index contributed by atoms with van der Waals surface area (Å²) < 4.78 is 0. The highest BCUT2D eigenvalue weighted by Crippen LogP contribution is 2.31. The summed E-state index contributed by atoms with van der Waals surface area (Å²) in [6.45, 7) is 21.1. The van der Waals surface area contributed by atoms with Gasteiger partial charge in [0, 0.05) is 45.8 Å². The number of nitrogens with zero attached hydrogens (tertiary/aromatic N) is 2. The monoisotopic (exact) mass is 542 g/mol. The standard InChI is InChI=1S/C29H34N4.C3H6O2.C2H6/c1-8-20-18(6)27-14-29-21(9-2)17(5)26(32-29)12-22-15(3)10-24(30-22)19(7)25-11-16(4)23(31-25)13-28(20)33-27;1-2-3(4)5;1-2/h11-15,32-33H,8-10H2,1-7H3;2H2,1H3,(H,4,5);1-2H3. The quantitative estimate of drug-likeness (QED) is 0.308. The third kappa shape index (κ3) is 6.22. The molecule has 6 nitrogen and oxygen atoms in total. The summed E-state index contributed by atoms with van der Waals surface area (Å²) in [4.78, 5) is 26.9. The summed E-state index contributed by atoms with van der Waals surface area (Å²) >= 11 is 0. The molecule has 0 spiro atoms. The molecule has 2 aliphatic rings. The number of hydrogen-bond donors (Lipinski definition) is 3. The Kier molecular flexibility index (Phi) is 10.1. The van der Waals surface area contributed by atoms with Crippen LogP contribution in [-0.4, -0.2) is 31.0 Å². The molecular weight excluding hydrogens is 496 g/mol. The van der Waals surface area contributed by atoms with Crippen LogP contribution in [0.25, 0.3) is 33.7 Å². The van der Waals surface area contributed by atoms with E-state index in [4.69, 9.17) is 15.1 Å². The van der Waals surface area contributed by atoms with Crippen molar-refractivity contribution in [2.24, 2.45) is 0 Å². The van der Waals surface area contributed by atoms with E-state index in [9.17, 15) is 4.79 Å². The first-order valence-corrected chi connectivity index (χ1v) is 14.7. The number of carboxylic acid groups (broad SMARTS) is 1. The number of allylic oxidation sites excluding steroid dienone is 1. The highest BCUT2D eigenvalue weighted by atomic mass is 16.4. The van der Waals surface area contributed by atoms with Crippen LogP contribution in [0, 0.1) is 20.8 Å². The summed E-state index contributed by atoms with van der Waals surface area (Å²) in [5.41, 5.74) is 16.8. The normalized spacial score (nSPS) is 14.1. The van der Waals surface area contributed by atoms with Gasteiger partial charge in [-0.25, -0.2) is 4.98 Å². The molecule has 5 rings (SSSR count). The highest BCUT2D eigenvalue weighted by Gasteiger charge is 2.20. The highest BCUT2D eigenvalue weighted by molar-refractivity contribution is 5.85. The Balaban J connectivity index is 0.000000570. The molecule has 1 unspecified atom stereocenters. The molecule has 0 fully saturated rings. The molecule has 1 atom stereocenters. The van der Waals surface area contributed by atoms with Crippen LogP contribution in [0.4, 0.5) is 0 Å². The van der Waals surface area contributed by atoms with Crippen molar-refractivity contribution in [3.8, 4) is 0 Å². The largest absolute Gasteiger partial charge is 0.481 e. The minimum Gasteiger partial charge on any atom is -0.481 e. The first kappa shape index (κ1) is 30.9. The van der Waals surface area contributed by atoms with Gasteiger partial charge >= 0.3 is 5.97 Å². The van der Waals surface area contributed by atoms with Gasteiger partial charge in [-0.1, -0.05) is 41.5 Å². The molecule has 0 saturated carbocycles. The lowest BCUT2D eigenvalue weighted by molar-refractivity contribution is -0.136. The zero-order valence-corrected chi connectivity index (χ0v) is 26.0. The van der Waals surface area contributed by atoms with Gasteiger partial charge in [-0.05, 0) is 105 Å². The lowest BCUT2D eigenvalue weighted by atomic mass is 10.0. The van der Waals surface area contributed by atoms with Crippen LogP contribution >= 0.6 is 0 Å². The number of fused-ring (bicyclic) bond motifs is 8. The molecule has 6 heteroatoms. The van der Waals surface area contributed by atoms with Crippen molar-refractivity contribution in [3.05, 3.63) is 68.8 Å². The number of aromatic nitrogens is 4. The van der Waals surface area contributed by atoms with E-state index in [-0.39, 0.29) is 6.42 Å². The Morgan fingerprint density at radius 2 is 1.38 bits per heavy atom. The van der Waals surface area contributed by atoms with Crippen molar-refractivity contribution in [1.29, 1.82) is 0 Å². The molecule has 0 radical (unpaired) electrons. The first-order valence-electron chi connectivity index (χ1n) is 14.7. The van der Waals surface area contributed by atoms with Gasteiger partial charge in [-0.3, -0.25) is 9.78 Å². The average molecular weight is 543 g/mol. The van der Waals surface area contributed by atoms with E-state index in [2.05, 4.69) is 82.7 Å². The zero-order chi connectivity index (χ0) is 29.7. The predicted octanol–water partition coefficient (Wildman–Crippen LogP) is 8.78. The average Bonchev–Trinajstić information content (AvgIpc) is 3.65. The fraction of sp³-hybridized carbons (Fsp3) is 0.441. The van der Waals surface area contributed by atoms with Crippen molar-refractivity contribution < 1.29 is 9.90 Å². The third-order valence-corrected chi connectivity index (χ3v) is 7.86. The number of nitrogens with one attached hydrogen (secondary N) is 2. The minimum atomic E-state index is -0.745. The Morgan fingerprint density at radius 3 is 1.90 bits per heavy atom. The summed E-state index contributed by atoms with van der Waals surface area (Å²) in [6.07, 6.45) is 5.36. The molecule has 0 saturated heterocycles. The molecule has 5 heterocycles. The van der Waals surface area contributed by atoms with Crippen LogP contribution in [0.2, 0.25) is 0 Å². The second kappa shape index (κ2) is 13.1. The minimum absolute atomic E-state index is 0.222. The van der Waals surface area contributed by atoms with E-state index >= 15 is 0 Å². The summed E-state index contributed by atoms with van der Waals surface area (Å²) in [5.74, 6) is -0.349. The van der Waals surface area contributed by atoms with Gasteiger partial charge in [0.15, 0.2) is 0 Å². The first-order chi connectivity index (χ1) is 19.1. The van der Waals surface area contributed by atoms with Gasteiger partial charge in [0.1, 0.15) is 0 Å². The van der Waals surface area contributed by atoms with Gasteiger partial charge in [0.2, 0.25) is 0 Å². The fourth-order valence-electron chi connectivity index (χ4n) is 5.37. The zero-order valence-electron chi connectivity index (χ0n) is 26.0. The number of aryl methyl sites for hydroxylation is 4. The lowest BCUT2D eigenvalue weighted by Crippen LogP contribution is -1.91. The molecular formula is C34H46N4O2. The maximum absolute atomic E-state index is 9.37.